The highest BCUT2D eigenvalue weighted by Gasteiger charge is 2.07. The Morgan fingerprint density at radius 2 is 1.73 bits per heavy atom. The van der Waals surface area contributed by atoms with Crippen LogP contribution in [0.15, 0.2) is 30.3 Å². The lowest BCUT2D eigenvalue weighted by Gasteiger charge is -1.97. The summed E-state index contributed by atoms with van der Waals surface area (Å²) in [6.07, 6.45) is 0. The quantitative estimate of drug-likeness (QED) is 0.426. The Bertz CT molecular complexity index is 331. The lowest BCUT2D eigenvalue weighted by atomic mass is 10.2. The van der Waals surface area contributed by atoms with Crippen LogP contribution in [0, 0.1) is 0 Å². The molecule has 0 aliphatic heterocycles. The molecular formula is C10H10O5. The smallest absolute Gasteiger partial charge is 0.345 e. The van der Waals surface area contributed by atoms with Gasteiger partial charge >= 0.3 is 11.9 Å². The number of esters is 2. The van der Waals surface area contributed by atoms with E-state index in [2.05, 4.69) is 4.74 Å². The van der Waals surface area contributed by atoms with Crippen molar-refractivity contribution >= 4 is 18.4 Å². The van der Waals surface area contributed by atoms with Crippen molar-refractivity contribution in [2.24, 2.45) is 0 Å². The molecule has 0 amide bonds. The third-order valence-electron chi connectivity index (χ3n) is 1.25. The molecule has 1 N–H and O–H groups in total. The summed E-state index contributed by atoms with van der Waals surface area (Å²) in [4.78, 5) is 29.8. The van der Waals surface area contributed by atoms with Gasteiger partial charge in [0, 0.05) is 6.92 Å². The maximum atomic E-state index is 11.0. The first-order valence-electron chi connectivity index (χ1n) is 3.97. The molecule has 0 aromatic heterocycles. The largest absolute Gasteiger partial charge is 0.483 e. The third kappa shape index (κ3) is 5.98. The monoisotopic (exact) mass is 210 g/mol. The van der Waals surface area contributed by atoms with Gasteiger partial charge in [-0.25, -0.2) is 4.79 Å². The molecule has 0 atom stereocenters. The van der Waals surface area contributed by atoms with Gasteiger partial charge in [0.25, 0.3) is 6.47 Å². The Labute approximate surface area is 86.3 Å². The molecule has 0 bridgehead atoms. The van der Waals surface area contributed by atoms with Gasteiger partial charge in [-0.3, -0.25) is 9.59 Å². The molecule has 1 aromatic rings. The Balaban J connectivity index is 0.000000583. The van der Waals surface area contributed by atoms with Crippen LogP contribution in [0.2, 0.25) is 0 Å². The number of carboxylic acid groups (broad SMARTS) is 1. The van der Waals surface area contributed by atoms with Gasteiger partial charge in [-0.05, 0) is 12.1 Å². The molecule has 1 rings (SSSR count). The molecule has 5 heteroatoms. The summed E-state index contributed by atoms with van der Waals surface area (Å²) in [6.45, 7) is 0.945. The summed E-state index contributed by atoms with van der Waals surface area (Å²) in [7, 11) is 0. The SMILES string of the molecule is CC(=O)OC(=O)c1ccccc1.O=CO. The molecule has 1 aromatic carbocycles. The number of carbonyl (C=O) groups excluding carboxylic acids is 2. The first-order chi connectivity index (χ1) is 7.11. The van der Waals surface area contributed by atoms with Gasteiger partial charge in [0.15, 0.2) is 0 Å². The van der Waals surface area contributed by atoms with Gasteiger partial charge in [0.05, 0.1) is 5.56 Å². The van der Waals surface area contributed by atoms with E-state index in [0.29, 0.717) is 5.56 Å². The van der Waals surface area contributed by atoms with Crippen LogP contribution in [0.25, 0.3) is 0 Å². The van der Waals surface area contributed by atoms with Crippen LogP contribution < -0.4 is 0 Å². The second kappa shape index (κ2) is 7.25. The lowest BCUT2D eigenvalue weighted by Crippen LogP contribution is -2.08. The molecule has 0 aliphatic carbocycles. The highest BCUT2D eigenvalue weighted by Crippen LogP contribution is 2.00. The number of rotatable bonds is 1. The molecule has 0 heterocycles. The van der Waals surface area contributed by atoms with Crippen LogP contribution in [0.3, 0.4) is 0 Å². The summed E-state index contributed by atoms with van der Waals surface area (Å²) in [6, 6.07) is 8.37. The van der Waals surface area contributed by atoms with Gasteiger partial charge < -0.3 is 9.84 Å². The van der Waals surface area contributed by atoms with Crippen molar-refractivity contribution in [1.82, 2.24) is 0 Å². The van der Waals surface area contributed by atoms with Crippen molar-refractivity contribution in [1.29, 1.82) is 0 Å². The predicted molar refractivity (Wildman–Crippen MR) is 51.2 cm³/mol. The van der Waals surface area contributed by atoms with E-state index < -0.39 is 11.9 Å². The van der Waals surface area contributed by atoms with Crippen molar-refractivity contribution in [3.8, 4) is 0 Å². The van der Waals surface area contributed by atoms with E-state index in [9.17, 15) is 9.59 Å². The topological polar surface area (TPSA) is 80.7 Å². The molecule has 0 saturated heterocycles. The fourth-order valence-electron chi connectivity index (χ4n) is 0.764. The van der Waals surface area contributed by atoms with E-state index in [0.717, 1.165) is 0 Å². The second-order valence-corrected chi connectivity index (χ2v) is 2.35. The van der Waals surface area contributed by atoms with Crippen LogP contribution in [0.1, 0.15) is 17.3 Å². The van der Waals surface area contributed by atoms with Crippen molar-refractivity contribution in [3.05, 3.63) is 35.9 Å². The summed E-state index contributed by atoms with van der Waals surface area (Å²) < 4.78 is 4.36. The summed E-state index contributed by atoms with van der Waals surface area (Å²) in [5, 5.41) is 6.89. The maximum absolute atomic E-state index is 11.0. The Morgan fingerprint density at radius 1 is 1.27 bits per heavy atom. The Hall–Kier alpha value is -2.17. The van der Waals surface area contributed by atoms with Crippen molar-refractivity contribution in [2.75, 3.05) is 0 Å². The van der Waals surface area contributed by atoms with Crippen molar-refractivity contribution < 1.29 is 24.2 Å². The first-order valence-corrected chi connectivity index (χ1v) is 3.97. The van der Waals surface area contributed by atoms with Gasteiger partial charge in [0.1, 0.15) is 0 Å². The third-order valence-corrected chi connectivity index (χ3v) is 1.25. The van der Waals surface area contributed by atoms with E-state index in [4.69, 9.17) is 9.90 Å². The minimum atomic E-state index is -0.608. The van der Waals surface area contributed by atoms with Gasteiger partial charge in [-0.2, -0.15) is 0 Å². The van der Waals surface area contributed by atoms with E-state index >= 15 is 0 Å². The number of hydrogen-bond donors (Lipinski definition) is 1. The molecular weight excluding hydrogens is 200 g/mol. The predicted octanol–water partition coefficient (Wildman–Crippen LogP) is 1.09. The van der Waals surface area contributed by atoms with Gasteiger partial charge in [-0.1, -0.05) is 18.2 Å². The molecule has 0 aliphatic rings. The zero-order chi connectivity index (χ0) is 11.7. The fraction of sp³-hybridized carbons (Fsp3) is 0.100. The van der Waals surface area contributed by atoms with Gasteiger partial charge in [0.2, 0.25) is 0 Å². The number of benzene rings is 1. The number of ether oxygens (including phenoxy) is 1. The molecule has 0 radical (unpaired) electrons. The molecule has 5 nitrogen and oxygen atoms in total. The molecule has 15 heavy (non-hydrogen) atoms. The van der Waals surface area contributed by atoms with Crippen LogP contribution >= 0.6 is 0 Å². The average Bonchev–Trinajstić information content (AvgIpc) is 2.19. The molecule has 0 unspecified atom stereocenters. The van der Waals surface area contributed by atoms with Crippen molar-refractivity contribution in [2.45, 2.75) is 6.92 Å². The van der Waals surface area contributed by atoms with E-state index in [1.807, 2.05) is 0 Å². The summed E-state index contributed by atoms with van der Waals surface area (Å²) in [5.41, 5.74) is 0.382. The molecule has 0 saturated carbocycles. The van der Waals surface area contributed by atoms with E-state index in [1.54, 1.807) is 30.3 Å². The van der Waals surface area contributed by atoms with Crippen LogP contribution in [-0.2, 0) is 14.3 Å². The molecule has 0 spiro atoms. The summed E-state index contributed by atoms with van der Waals surface area (Å²) >= 11 is 0. The van der Waals surface area contributed by atoms with Crippen LogP contribution in [0.5, 0.6) is 0 Å². The Morgan fingerprint density at radius 3 is 2.13 bits per heavy atom. The minimum Gasteiger partial charge on any atom is -0.483 e. The molecule has 80 valence electrons. The van der Waals surface area contributed by atoms with E-state index in [1.165, 1.54) is 6.92 Å². The van der Waals surface area contributed by atoms with Gasteiger partial charge in [-0.15, -0.1) is 0 Å². The second-order valence-electron chi connectivity index (χ2n) is 2.35. The number of hydrogen-bond acceptors (Lipinski definition) is 4. The zero-order valence-corrected chi connectivity index (χ0v) is 8.04. The highest BCUT2D eigenvalue weighted by atomic mass is 16.6. The summed E-state index contributed by atoms with van der Waals surface area (Å²) in [5.74, 6) is -1.20. The minimum absolute atomic E-state index is 0.250. The van der Waals surface area contributed by atoms with Crippen LogP contribution in [-0.4, -0.2) is 23.5 Å². The van der Waals surface area contributed by atoms with Crippen LogP contribution in [0.4, 0.5) is 0 Å². The average molecular weight is 210 g/mol. The maximum Gasteiger partial charge on any atom is 0.345 e. The molecule has 0 fully saturated rings. The first kappa shape index (κ1) is 12.8. The van der Waals surface area contributed by atoms with E-state index in [-0.39, 0.29) is 6.47 Å². The standard InChI is InChI=1S/C9H8O3.CH2O2/c1-7(10)12-9(11)8-5-3-2-4-6-8;2-1-3/h2-6H,1H3;1H,(H,2,3). The normalized spacial score (nSPS) is 8.07. The highest BCUT2D eigenvalue weighted by molar-refractivity contribution is 5.96. The van der Waals surface area contributed by atoms with Crippen molar-refractivity contribution in [3.63, 3.8) is 0 Å². The zero-order valence-electron chi connectivity index (χ0n) is 8.04. The Kier molecular flexibility index (Phi) is 6.20. The number of carbonyl (C=O) groups is 3. The fourth-order valence-corrected chi connectivity index (χ4v) is 0.764. The lowest BCUT2D eigenvalue weighted by molar-refractivity contribution is -0.135.